The van der Waals surface area contributed by atoms with E-state index in [-0.39, 0.29) is 22.6 Å². The van der Waals surface area contributed by atoms with E-state index in [0.29, 0.717) is 12.1 Å². The van der Waals surface area contributed by atoms with Gasteiger partial charge in [-0.15, -0.1) is 0 Å². The number of carbonyl (C=O) groups is 4. The summed E-state index contributed by atoms with van der Waals surface area (Å²) in [6.07, 6.45) is -15.1. The van der Waals surface area contributed by atoms with Crippen molar-refractivity contribution in [3.63, 3.8) is 0 Å². The maximum absolute atomic E-state index is 13.8. The van der Waals surface area contributed by atoms with Crippen molar-refractivity contribution in [1.29, 1.82) is 0 Å². The zero-order valence-corrected chi connectivity index (χ0v) is 24.7. The van der Waals surface area contributed by atoms with Crippen molar-refractivity contribution in [2.45, 2.75) is 18.5 Å². The maximum Gasteiger partial charge on any atom is 0.422 e. The molecule has 0 atom stereocenters. The fourth-order valence-electron chi connectivity index (χ4n) is 3.29. The van der Waals surface area contributed by atoms with E-state index in [1.807, 2.05) is 0 Å². The van der Waals surface area contributed by atoms with Gasteiger partial charge in [0.1, 0.15) is 39.7 Å². The lowest BCUT2D eigenvalue weighted by Crippen LogP contribution is -2.22. The van der Waals surface area contributed by atoms with E-state index in [1.54, 1.807) is 0 Å². The molecule has 0 aliphatic heterocycles. The van der Waals surface area contributed by atoms with Gasteiger partial charge >= 0.3 is 42.4 Å². The number of ether oxygens (including phenoxy) is 6. The highest BCUT2D eigenvalue weighted by Gasteiger charge is 2.39. The number of halogens is 9. The molecule has 10 nitrogen and oxygen atoms in total. The van der Waals surface area contributed by atoms with Gasteiger partial charge < -0.3 is 28.4 Å². The van der Waals surface area contributed by atoms with E-state index < -0.39 is 84.2 Å². The Morgan fingerprint density at radius 3 is 1.30 bits per heavy atom. The lowest BCUT2D eigenvalue weighted by Gasteiger charge is -2.15. The number of hydrogen-bond donors (Lipinski definition) is 0. The molecular weight excluding hydrogens is 703 g/mol. The Bertz CT molecular complexity index is 1760. The molecule has 50 heavy (non-hydrogen) atoms. The molecule has 0 fully saturated rings. The van der Waals surface area contributed by atoms with Gasteiger partial charge in [0.25, 0.3) is 0 Å². The minimum absolute atomic E-state index is 0.0726. The fraction of sp³-hybridized carbons (Fsp3) is 0.161. The van der Waals surface area contributed by atoms with Crippen LogP contribution in [0.4, 0.5) is 39.5 Å². The number of esters is 4. The molecule has 0 N–H and O–H groups in total. The van der Waals surface area contributed by atoms with E-state index in [2.05, 4.69) is 22.6 Å². The summed E-state index contributed by atoms with van der Waals surface area (Å²) in [6.45, 7) is 3.21. The second-order valence-corrected chi connectivity index (χ2v) is 9.32. The first-order valence-electron chi connectivity index (χ1n) is 13.1. The Labute approximate surface area is 274 Å². The molecule has 0 aromatic heterocycles. The molecule has 0 heterocycles. The number of benzene rings is 3. The molecule has 0 amide bonds. The average Bonchev–Trinajstić information content (AvgIpc) is 3.03. The highest BCUT2D eigenvalue weighted by atomic mass is 19.4. The Morgan fingerprint density at radius 1 is 0.540 bits per heavy atom. The van der Waals surface area contributed by atoms with Crippen LogP contribution in [0, 0.1) is 0 Å². The van der Waals surface area contributed by atoms with Crippen LogP contribution in [-0.4, -0.2) is 49.8 Å². The average molecular weight is 722 g/mol. The van der Waals surface area contributed by atoms with E-state index in [9.17, 15) is 58.7 Å². The first kappa shape index (κ1) is 38.4. The molecule has 0 radical (unpaired) electrons. The Balaban J connectivity index is 1.60. The van der Waals surface area contributed by atoms with Crippen molar-refractivity contribution < 1.29 is 87.1 Å². The third-order valence-electron chi connectivity index (χ3n) is 5.86. The topological polar surface area (TPSA) is 124 Å². The van der Waals surface area contributed by atoms with Crippen molar-refractivity contribution >= 4 is 23.9 Å². The number of alkyl halides is 9. The molecule has 0 spiro atoms. The fourth-order valence-corrected chi connectivity index (χ4v) is 3.29. The van der Waals surface area contributed by atoms with Crippen LogP contribution >= 0.6 is 0 Å². The molecule has 3 rings (SSSR count). The number of rotatable bonds is 12. The minimum Gasteiger partial charge on any atom is -0.457 e. The molecule has 0 unspecified atom stereocenters. The van der Waals surface area contributed by atoms with Gasteiger partial charge in [0.15, 0.2) is 0 Å². The van der Waals surface area contributed by atoms with Gasteiger partial charge in [0.05, 0.1) is 11.1 Å². The monoisotopic (exact) mass is 722 g/mol. The standard InChI is InChI=1S/C31H19F9O10/c1-16(29(32,33)34)25(41)47-14-45-20-7-3-18(4-8-20)27(43)49-22-11-12-24(23(13-22)31(38,39)40)50-28(44)19-5-9-21(10-6-19)46-15-48-26(42)17(2)30(35,36)37/h3-13H,1-2,14-15H2. The van der Waals surface area contributed by atoms with Crippen LogP contribution in [0.1, 0.15) is 26.3 Å². The molecule has 266 valence electrons. The van der Waals surface area contributed by atoms with Gasteiger partial charge in [-0.2, -0.15) is 39.5 Å². The maximum atomic E-state index is 13.8. The van der Waals surface area contributed by atoms with E-state index >= 15 is 0 Å². The van der Waals surface area contributed by atoms with E-state index in [1.165, 1.54) is 0 Å². The molecule has 0 saturated carbocycles. The zero-order chi connectivity index (χ0) is 37.4. The predicted molar refractivity (Wildman–Crippen MR) is 148 cm³/mol. The first-order chi connectivity index (χ1) is 23.2. The molecule has 0 bridgehead atoms. The smallest absolute Gasteiger partial charge is 0.422 e. The SMILES string of the molecule is C=C(C(=O)OCOc1ccc(C(=O)Oc2ccc(OC(=O)c3ccc(OCOC(=O)C(=C)C(F)(F)F)cc3)c(C(F)(F)F)c2)cc1)C(F)(F)F. The van der Waals surface area contributed by atoms with Gasteiger partial charge in [0, 0.05) is 0 Å². The van der Waals surface area contributed by atoms with Crippen LogP contribution in [0.25, 0.3) is 0 Å². The Kier molecular flexibility index (Phi) is 11.9. The summed E-state index contributed by atoms with van der Waals surface area (Å²) in [5, 5.41) is 0. The van der Waals surface area contributed by atoms with E-state index in [4.69, 9.17) is 18.9 Å². The van der Waals surface area contributed by atoms with Crippen molar-refractivity contribution in [2.75, 3.05) is 13.6 Å². The van der Waals surface area contributed by atoms with Gasteiger partial charge in [-0.1, -0.05) is 13.2 Å². The van der Waals surface area contributed by atoms with Crippen LogP contribution in [0.5, 0.6) is 23.0 Å². The van der Waals surface area contributed by atoms with Crippen LogP contribution in [0.2, 0.25) is 0 Å². The lowest BCUT2D eigenvalue weighted by atomic mass is 10.1. The highest BCUT2D eigenvalue weighted by Crippen LogP contribution is 2.39. The van der Waals surface area contributed by atoms with Crippen LogP contribution in [0.15, 0.2) is 91.0 Å². The highest BCUT2D eigenvalue weighted by molar-refractivity contribution is 5.92. The Hall–Kier alpha value is -6.01. The molecule has 3 aromatic rings. The van der Waals surface area contributed by atoms with Gasteiger partial charge in [-0.25, -0.2) is 19.2 Å². The van der Waals surface area contributed by atoms with E-state index in [0.717, 1.165) is 54.6 Å². The third-order valence-corrected chi connectivity index (χ3v) is 5.86. The van der Waals surface area contributed by atoms with Crippen LogP contribution in [0.3, 0.4) is 0 Å². The van der Waals surface area contributed by atoms with Crippen molar-refractivity contribution in [2.24, 2.45) is 0 Å². The minimum atomic E-state index is -5.11. The van der Waals surface area contributed by atoms with Crippen LogP contribution in [-0.2, 0) is 25.2 Å². The molecular formula is C31H19F9O10. The van der Waals surface area contributed by atoms with Crippen molar-refractivity contribution in [3.05, 3.63) is 108 Å². The summed E-state index contributed by atoms with van der Waals surface area (Å²) < 4.78 is 144. The molecule has 19 heteroatoms. The molecule has 3 aromatic carbocycles. The summed E-state index contributed by atoms with van der Waals surface area (Å²) in [4.78, 5) is 47.6. The molecule has 0 aliphatic carbocycles. The van der Waals surface area contributed by atoms with Gasteiger partial charge in [-0.05, 0) is 66.7 Å². The molecule has 0 aliphatic rings. The summed E-state index contributed by atoms with van der Waals surface area (Å²) >= 11 is 0. The van der Waals surface area contributed by atoms with Gasteiger partial charge in [-0.3, -0.25) is 0 Å². The first-order valence-corrected chi connectivity index (χ1v) is 13.1. The zero-order valence-electron chi connectivity index (χ0n) is 24.7. The normalized spacial score (nSPS) is 11.5. The summed E-state index contributed by atoms with van der Waals surface area (Å²) in [7, 11) is 0. The largest absolute Gasteiger partial charge is 0.457 e. The van der Waals surface area contributed by atoms with Crippen molar-refractivity contribution in [1.82, 2.24) is 0 Å². The summed E-state index contributed by atoms with van der Waals surface area (Å²) in [5.74, 6) is -7.75. The summed E-state index contributed by atoms with van der Waals surface area (Å²) in [5.41, 5.74) is -5.54. The predicted octanol–water partition coefficient (Wildman–Crippen LogP) is 7.14. The summed E-state index contributed by atoms with van der Waals surface area (Å²) in [6, 6.07) is 10.6. The second kappa shape index (κ2) is 15.5. The van der Waals surface area contributed by atoms with Gasteiger partial charge in [0.2, 0.25) is 13.6 Å². The Morgan fingerprint density at radius 2 is 0.920 bits per heavy atom. The quantitative estimate of drug-likeness (QED) is 0.0627. The van der Waals surface area contributed by atoms with Crippen molar-refractivity contribution in [3.8, 4) is 23.0 Å². The molecule has 0 saturated heterocycles. The second-order valence-electron chi connectivity index (χ2n) is 9.32. The lowest BCUT2D eigenvalue weighted by molar-refractivity contribution is -0.157. The van der Waals surface area contributed by atoms with Crippen LogP contribution < -0.4 is 18.9 Å². The number of hydrogen-bond acceptors (Lipinski definition) is 10. The number of carbonyl (C=O) groups excluding carboxylic acids is 4. The third kappa shape index (κ3) is 10.8.